The molecule has 2 aromatic rings. The molecule has 1 aliphatic rings. The van der Waals surface area contributed by atoms with E-state index in [1.807, 2.05) is 37.3 Å². The lowest BCUT2D eigenvalue weighted by Gasteiger charge is -2.23. The summed E-state index contributed by atoms with van der Waals surface area (Å²) in [6, 6.07) is 9.39. The quantitative estimate of drug-likeness (QED) is 0.906. The minimum absolute atomic E-state index is 0.177. The summed E-state index contributed by atoms with van der Waals surface area (Å²) >= 11 is 0. The number of aromatic nitrogens is 2. The first kappa shape index (κ1) is 15.5. The van der Waals surface area contributed by atoms with Crippen LogP contribution in [-0.2, 0) is 0 Å². The van der Waals surface area contributed by atoms with E-state index < -0.39 is 0 Å². The van der Waals surface area contributed by atoms with Gasteiger partial charge in [-0.25, -0.2) is 4.79 Å². The van der Waals surface area contributed by atoms with Crippen molar-refractivity contribution >= 4 is 6.03 Å². The smallest absolute Gasteiger partial charge is 0.315 e. The third-order valence-electron chi connectivity index (χ3n) is 4.13. The molecule has 0 bridgehead atoms. The van der Waals surface area contributed by atoms with Crippen molar-refractivity contribution in [2.45, 2.75) is 51.1 Å². The highest BCUT2D eigenvalue weighted by Crippen LogP contribution is 2.19. The molecule has 6 nitrogen and oxygen atoms in total. The Bertz CT molecular complexity index is 635. The fourth-order valence-corrected chi connectivity index (χ4v) is 2.85. The molecule has 1 fully saturated rings. The molecule has 0 spiro atoms. The van der Waals surface area contributed by atoms with Gasteiger partial charge in [-0.1, -0.05) is 54.8 Å². The summed E-state index contributed by atoms with van der Waals surface area (Å²) in [5, 5.41) is 9.85. The number of nitrogens with one attached hydrogen (secondary N) is 2. The van der Waals surface area contributed by atoms with Crippen molar-refractivity contribution in [2.24, 2.45) is 0 Å². The number of amides is 2. The van der Waals surface area contributed by atoms with E-state index in [9.17, 15) is 4.79 Å². The van der Waals surface area contributed by atoms with Crippen LogP contribution in [0.3, 0.4) is 0 Å². The van der Waals surface area contributed by atoms with Crippen LogP contribution in [-0.4, -0.2) is 22.2 Å². The number of carbonyl (C=O) groups is 1. The molecule has 3 rings (SSSR count). The summed E-state index contributed by atoms with van der Waals surface area (Å²) in [6.45, 7) is 1.84. The molecule has 122 valence electrons. The Labute approximate surface area is 135 Å². The van der Waals surface area contributed by atoms with Crippen molar-refractivity contribution < 1.29 is 9.32 Å². The zero-order valence-corrected chi connectivity index (χ0v) is 13.3. The molecular formula is C17H22N4O2. The van der Waals surface area contributed by atoms with E-state index in [2.05, 4.69) is 20.8 Å². The molecule has 0 unspecified atom stereocenters. The second kappa shape index (κ2) is 7.26. The Hall–Kier alpha value is -2.37. The normalized spacial score (nSPS) is 16.7. The third-order valence-corrected chi connectivity index (χ3v) is 4.13. The summed E-state index contributed by atoms with van der Waals surface area (Å²) in [7, 11) is 0. The van der Waals surface area contributed by atoms with Crippen LogP contribution in [0.4, 0.5) is 4.79 Å². The molecule has 1 saturated carbocycles. The van der Waals surface area contributed by atoms with Gasteiger partial charge in [0.2, 0.25) is 11.7 Å². The number of rotatable bonds is 4. The summed E-state index contributed by atoms with van der Waals surface area (Å²) in [6.07, 6.45) is 5.75. The van der Waals surface area contributed by atoms with Gasteiger partial charge in [0.15, 0.2) is 0 Å². The van der Waals surface area contributed by atoms with Crippen molar-refractivity contribution in [3.63, 3.8) is 0 Å². The Morgan fingerprint density at radius 1 is 1.22 bits per heavy atom. The molecule has 0 aliphatic heterocycles. The van der Waals surface area contributed by atoms with Gasteiger partial charge < -0.3 is 15.2 Å². The Balaban J connectivity index is 1.56. The molecule has 0 saturated heterocycles. The monoisotopic (exact) mass is 314 g/mol. The molecule has 23 heavy (non-hydrogen) atoms. The number of benzene rings is 1. The van der Waals surface area contributed by atoms with Gasteiger partial charge in [-0.15, -0.1) is 0 Å². The fraction of sp³-hybridized carbons (Fsp3) is 0.471. The summed E-state index contributed by atoms with van der Waals surface area (Å²) in [5.41, 5.74) is 0.890. The lowest BCUT2D eigenvalue weighted by molar-refractivity contribution is 0.226. The van der Waals surface area contributed by atoms with Gasteiger partial charge in [0.1, 0.15) is 6.04 Å². The fourth-order valence-electron chi connectivity index (χ4n) is 2.85. The first-order chi connectivity index (χ1) is 11.2. The number of carbonyl (C=O) groups excluding carboxylic acids is 1. The van der Waals surface area contributed by atoms with E-state index in [4.69, 9.17) is 4.52 Å². The first-order valence-corrected chi connectivity index (χ1v) is 8.18. The zero-order chi connectivity index (χ0) is 16.1. The molecule has 1 aromatic heterocycles. The average molecular weight is 314 g/mol. The predicted octanol–water partition coefficient (Wildman–Crippen LogP) is 3.43. The lowest BCUT2D eigenvalue weighted by Crippen LogP contribution is -2.43. The predicted molar refractivity (Wildman–Crippen MR) is 86.7 cm³/mol. The highest BCUT2D eigenvalue weighted by atomic mass is 16.5. The summed E-state index contributed by atoms with van der Waals surface area (Å²) < 4.78 is 5.27. The molecule has 1 aliphatic carbocycles. The topological polar surface area (TPSA) is 80.0 Å². The first-order valence-electron chi connectivity index (χ1n) is 8.18. The lowest BCUT2D eigenvalue weighted by atomic mass is 9.96. The van der Waals surface area contributed by atoms with Gasteiger partial charge in [-0.05, 0) is 19.8 Å². The maximum Gasteiger partial charge on any atom is 0.315 e. The van der Waals surface area contributed by atoms with Gasteiger partial charge in [-0.2, -0.15) is 4.98 Å². The number of nitrogens with zero attached hydrogens (tertiary/aromatic N) is 2. The van der Waals surface area contributed by atoms with E-state index in [-0.39, 0.29) is 18.1 Å². The van der Waals surface area contributed by atoms with E-state index >= 15 is 0 Å². The second-order valence-corrected chi connectivity index (χ2v) is 6.00. The second-order valence-electron chi connectivity index (χ2n) is 6.00. The minimum Gasteiger partial charge on any atom is -0.337 e. The minimum atomic E-state index is -0.330. The molecule has 0 radical (unpaired) electrons. The molecule has 2 N–H and O–H groups in total. The third kappa shape index (κ3) is 4.09. The average Bonchev–Trinajstić information content (AvgIpc) is 3.06. The van der Waals surface area contributed by atoms with Gasteiger partial charge in [0.25, 0.3) is 0 Å². The van der Waals surface area contributed by atoms with Crippen molar-refractivity contribution in [1.29, 1.82) is 0 Å². The van der Waals surface area contributed by atoms with Crippen molar-refractivity contribution in [3.05, 3.63) is 36.2 Å². The number of urea groups is 1. The molecule has 6 heteroatoms. The van der Waals surface area contributed by atoms with Gasteiger partial charge in [-0.3, -0.25) is 0 Å². The molecule has 1 aromatic carbocycles. The van der Waals surface area contributed by atoms with Crippen LogP contribution in [0.2, 0.25) is 0 Å². The Morgan fingerprint density at radius 3 is 2.70 bits per heavy atom. The van der Waals surface area contributed by atoms with E-state index in [0.29, 0.717) is 11.7 Å². The van der Waals surface area contributed by atoms with E-state index in [1.54, 1.807) is 0 Å². The number of hydrogen-bond acceptors (Lipinski definition) is 4. The zero-order valence-electron chi connectivity index (χ0n) is 13.3. The van der Waals surface area contributed by atoms with E-state index in [1.165, 1.54) is 19.3 Å². The van der Waals surface area contributed by atoms with Gasteiger partial charge in [0, 0.05) is 11.6 Å². The van der Waals surface area contributed by atoms with Crippen LogP contribution < -0.4 is 10.6 Å². The Kier molecular flexibility index (Phi) is 4.90. The van der Waals surface area contributed by atoms with Crippen molar-refractivity contribution in [2.75, 3.05) is 0 Å². The van der Waals surface area contributed by atoms with Gasteiger partial charge in [0.05, 0.1) is 0 Å². The van der Waals surface area contributed by atoms with Crippen LogP contribution in [0, 0.1) is 0 Å². The Morgan fingerprint density at radius 2 is 1.96 bits per heavy atom. The van der Waals surface area contributed by atoms with E-state index in [0.717, 1.165) is 18.4 Å². The SMILES string of the molecule is C[C@@H](NC(=O)NC1CCCCC1)c1nc(-c2ccccc2)no1. The molecular weight excluding hydrogens is 292 g/mol. The standard InChI is InChI=1S/C17H22N4O2/c1-12(18-17(22)19-14-10-6-3-7-11-14)16-20-15(21-23-16)13-8-4-2-5-9-13/h2,4-5,8-9,12,14H,3,6-7,10-11H2,1H3,(H2,18,19,22)/t12-/m1/s1. The highest BCUT2D eigenvalue weighted by molar-refractivity contribution is 5.74. The van der Waals surface area contributed by atoms with Crippen molar-refractivity contribution in [1.82, 2.24) is 20.8 Å². The van der Waals surface area contributed by atoms with Crippen LogP contribution in [0.1, 0.15) is 51.0 Å². The van der Waals surface area contributed by atoms with Crippen LogP contribution in [0.15, 0.2) is 34.9 Å². The van der Waals surface area contributed by atoms with Crippen LogP contribution in [0.5, 0.6) is 0 Å². The maximum atomic E-state index is 12.1. The highest BCUT2D eigenvalue weighted by Gasteiger charge is 2.20. The molecule has 1 atom stereocenters. The largest absolute Gasteiger partial charge is 0.337 e. The van der Waals surface area contributed by atoms with Gasteiger partial charge >= 0.3 is 6.03 Å². The van der Waals surface area contributed by atoms with Crippen LogP contribution in [0.25, 0.3) is 11.4 Å². The summed E-state index contributed by atoms with van der Waals surface area (Å²) in [5.74, 6) is 0.935. The maximum absolute atomic E-state index is 12.1. The van der Waals surface area contributed by atoms with Crippen LogP contribution >= 0.6 is 0 Å². The number of hydrogen-bond donors (Lipinski definition) is 2. The molecule has 2 amide bonds. The summed E-state index contributed by atoms with van der Waals surface area (Å²) in [4.78, 5) is 16.4. The molecule has 1 heterocycles. The van der Waals surface area contributed by atoms with Crippen molar-refractivity contribution in [3.8, 4) is 11.4 Å².